The van der Waals surface area contributed by atoms with Crippen molar-refractivity contribution in [3.05, 3.63) is 96.1 Å². The maximum absolute atomic E-state index is 14.5. The summed E-state index contributed by atoms with van der Waals surface area (Å²) >= 11 is 0. The van der Waals surface area contributed by atoms with Crippen molar-refractivity contribution in [3.8, 4) is 0 Å². The van der Waals surface area contributed by atoms with E-state index in [1.165, 1.54) is 4.90 Å². The fourth-order valence-corrected chi connectivity index (χ4v) is 6.79. The first-order valence-electron chi connectivity index (χ1n) is 13.4. The lowest BCUT2D eigenvalue weighted by atomic mass is 9.74. The summed E-state index contributed by atoms with van der Waals surface area (Å²) in [4.78, 5) is 45.6. The van der Waals surface area contributed by atoms with Gasteiger partial charge in [-0.05, 0) is 24.5 Å². The van der Waals surface area contributed by atoms with Crippen LogP contribution >= 0.6 is 0 Å². The summed E-state index contributed by atoms with van der Waals surface area (Å²) < 4.78 is 12.3. The molecule has 1 unspecified atom stereocenters. The number of amides is 2. The Morgan fingerprint density at radius 1 is 0.949 bits per heavy atom. The van der Waals surface area contributed by atoms with Gasteiger partial charge < -0.3 is 24.4 Å². The van der Waals surface area contributed by atoms with Gasteiger partial charge in [0, 0.05) is 13.1 Å². The monoisotopic (exact) mass is 528 g/mol. The lowest BCUT2D eigenvalue weighted by Crippen LogP contribution is -2.56. The van der Waals surface area contributed by atoms with Gasteiger partial charge in [-0.25, -0.2) is 0 Å². The van der Waals surface area contributed by atoms with Gasteiger partial charge in [0.25, 0.3) is 0 Å². The number of benzene rings is 2. The van der Waals surface area contributed by atoms with Crippen molar-refractivity contribution >= 4 is 17.8 Å². The molecule has 6 atom stereocenters. The van der Waals surface area contributed by atoms with E-state index in [2.05, 4.69) is 0 Å². The number of likely N-dealkylation sites (tertiary alicyclic amines) is 1. The van der Waals surface area contributed by atoms with E-state index in [0.29, 0.717) is 25.1 Å². The summed E-state index contributed by atoms with van der Waals surface area (Å²) in [5.74, 6) is -3.13. The summed E-state index contributed by atoms with van der Waals surface area (Å²) in [6.45, 7) is 2.28. The highest BCUT2D eigenvalue weighted by molar-refractivity contribution is 5.99. The Kier molecular flexibility index (Phi) is 6.40. The van der Waals surface area contributed by atoms with Crippen molar-refractivity contribution in [3.63, 3.8) is 0 Å². The van der Waals surface area contributed by atoms with Gasteiger partial charge in [0.15, 0.2) is 0 Å². The molecule has 39 heavy (non-hydrogen) atoms. The predicted molar refractivity (Wildman–Crippen MR) is 142 cm³/mol. The normalized spacial score (nSPS) is 32.6. The summed E-state index contributed by atoms with van der Waals surface area (Å²) in [5, 5.41) is 10.6. The first-order chi connectivity index (χ1) is 18.9. The van der Waals surface area contributed by atoms with Crippen LogP contribution in [0.4, 0.5) is 0 Å². The lowest BCUT2D eigenvalue weighted by Gasteiger charge is -2.40. The zero-order valence-electron chi connectivity index (χ0n) is 21.8. The second-order valence-electron chi connectivity index (χ2n) is 10.8. The van der Waals surface area contributed by atoms with Crippen LogP contribution in [0.25, 0.3) is 0 Å². The molecule has 8 heteroatoms. The highest BCUT2D eigenvalue weighted by Crippen LogP contribution is 2.58. The van der Waals surface area contributed by atoms with Crippen LogP contribution in [-0.2, 0) is 30.4 Å². The van der Waals surface area contributed by atoms with Crippen molar-refractivity contribution in [1.29, 1.82) is 0 Å². The smallest absolute Gasteiger partial charge is 0.313 e. The quantitative estimate of drug-likeness (QED) is 0.474. The van der Waals surface area contributed by atoms with E-state index >= 15 is 0 Å². The number of aliphatic hydroxyl groups is 1. The largest absolute Gasteiger partial charge is 0.465 e. The fraction of sp³-hybridized carbons (Fsp3) is 0.387. The molecule has 2 fully saturated rings. The summed E-state index contributed by atoms with van der Waals surface area (Å²) in [5.41, 5.74) is -0.892. The van der Waals surface area contributed by atoms with Gasteiger partial charge in [0.1, 0.15) is 17.6 Å². The van der Waals surface area contributed by atoms with Gasteiger partial charge in [0.2, 0.25) is 11.8 Å². The van der Waals surface area contributed by atoms with Crippen molar-refractivity contribution in [1.82, 2.24) is 9.80 Å². The Hall–Kier alpha value is -3.75. The molecular formula is C31H32N2O6. The SMILES string of the molecule is C[C@@]12C=CCCOC(=O)[C@@H]1[C@H]1C(=O)N([C@H](CO)c3ccccc3)C3C(=O)N(Cc4ccccc4)CC=C[C@@]31O2. The Balaban J connectivity index is 1.50. The van der Waals surface area contributed by atoms with Crippen LogP contribution in [0.3, 0.4) is 0 Å². The number of carbonyl (C=O) groups is 3. The van der Waals surface area contributed by atoms with Gasteiger partial charge in [-0.15, -0.1) is 0 Å². The van der Waals surface area contributed by atoms with Crippen molar-refractivity contribution in [2.75, 3.05) is 19.8 Å². The molecule has 202 valence electrons. The molecule has 1 spiro atoms. The van der Waals surface area contributed by atoms with Crippen LogP contribution in [0.5, 0.6) is 0 Å². The van der Waals surface area contributed by atoms with Crippen LogP contribution < -0.4 is 0 Å². The number of aliphatic hydroxyl groups excluding tert-OH is 1. The molecule has 4 aliphatic rings. The molecule has 2 aromatic rings. The third-order valence-electron chi connectivity index (χ3n) is 8.45. The Morgan fingerprint density at radius 3 is 2.38 bits per heavy atom. The third-order valence-corrected chi connectivity index (χ3v) is 8.45. The van der Waals surface area contributed by atoms with Gasteiger partial charge in [-0.1, -0.05) is 85.0 Å². The van der Waals surface area contributed by atoms with E-state index in [9.17, 15) is 19.5 Å². The van der Waals surface area contributed by atoms with Crippen LogP contribution in [0, 0.1) is 11.8 Å². The van der Waals surface area contributed by atoms with E-state index in [1.54, 1.807) is 17.9 Å². The predicted octanol–water partition coefficient (Wildman–Crippen LogP) is 2.79. The summed E-state index contributed by atoms with van der Waals surface area (Å²) in [6, 6.07) is 16.9. The molecule has 2 saturated heterocycles. The zero-order valence-corrected chi connectivity index (χ0v) is 21.8. The molecule has 0 aliphatic carbocycles. The van der Waals surface area contributed by atoms with Crippen molar-refractivity contribution < 1.29 is 29.0 Å². The minimum atomic E-state index is -1.41. The molecule has 0 radical (unpaired) electrons. The number of nitrogens with zero attached hydrogens (tertiary/aromatic N) is 2. The molecule has 1 N–H and O–H groups in total. The number of ether oxygens (including phenoxy) is 2. The van der Waals surface area contributed by atoms with E-state index in [0.717, 1.165) is 5.56 Å². The first kappa shape index (κ1) is 25.5. The summed E-state index contributed by atoms with van der Waals surface area (Å²) in [7, 11) is 0. The highest BCUT2D eigenvalue weighted by Gasteiger charge is 2.75. The van der Waals surface area contributed by atoms with Crippen molar-refractivity contribution in [2.24, 2.45) is 11.8 Å². The molecule has 6 rings (SSSR count). The second-order valence-corrected chi connectivity index (χ2v) is 10.8. The van der Waals surface area contributed by atoms with Gasteiger partial charge in [-0.2, -0.15) is 0 Å². The number of esters is 1. The third kappa shape index (κ3) is 4.01. The Labute approximate surface area is 227 Å². The summed E-state index contributed by atoms with van der Waals surface area (Å²) in [6.07, 6.45) is 7.95. The Morgan fingerprint density at radius 2 is 1.67 bits per heavy atom. The van der Waals surface area contributed by atoms with E-state index in [1.807, 2.05) is 78.9 Å². The van der Waals surface area contributed by atoms with Gasteiger partial charge >= 0.3 is 5.97 Å². The number of cyclic esters (lactones) is 1. The number of rotatable bonds is 5. The molecule has 2 aromatic carbocycles. The van der Waals surface area contributed by atoms with E-state index < -0.39 is 53.6 Å². The lowest BCUT2D eigenvalue weighted by molar-refractivity contribution is -0.162. The van der Waals surface area contributed by atoms with Crippen LogP contribution in [0.2, 0.25) is 0 Å². The maximum Gasteiger partial charge on any atom is 0.313 e. The molecule has 4 heterocycles. The average molecular weight is 529 g/mol. The Bertz CT molecular complexity index is 1330. The number of fused-ring (bicyclic) bond motifs is 2. The van der Waals surface area contributed by atoms with Crippen LogP contribution in [-0.4, -0.2) is 69.7 Å². The maximum atomic E-state index is 14.5. The molecular weight excluding hydrogens is 496 g/mol. The number of hydrogen-bond acceptors (Lipinski definition) is 6. The molecule has 0 saturated carbocycles. The van der Waals surface area contributed by atoms with Crippen LogP contribution in [0.15, 0.2) is 85.0 Å². The highest BCUT2D eigenvalue weighted by atomic mass is 16.6. The standard InChI is InChI=1S/C31H32N2O6/c1-30-15-8-9-18-38-29(37)25(30)24-27(35)33(23(20-34)22-13-6-3-7-14-22)26-28(36)32(17-10-16-31(24,26)39-30)19-21-11-4-2-5-12-21/h2-8,10-16,23-26,34H,9,17-20H2,1H3/t23-,24+,25+,26?,30-,31+/m1/s1. The average Bonchev–Trinajstić information content (AvgIpc) is 3.26. The molecule has 0 bridgehead atoms. The fourth-order valence-electron chi connectivity index (χ4n) is 6.79. The van der Waals surface area contributed by atoms with Gasteiger partial charge in [-0.3, -0.25) is 14.4 Å². The van der Waals surface area contributed by atoms with E-state index in [4.69, 9.17) is 9.47 Å². The number of hydrogen-bond donors (Lipinski definition) is 1. The van der Waals surface area contributed by atoms with E-state index in [-0.39, 0.29) is 12.5 Å². The molecule has 8 nitrogen and oxygen atoms in total. The number of carbonyl (C=O) groups excluding carboxylic acids is 3. The second kappa shape index (κ2) is 9.77. The zero-order chi connectivity index (χ0) is 27.2. The molecule has 0 aromatic heterocycles. The van der Waals surface area contributed by atoms with Crippen LogP contribution in [0.1, 0.15) is 30.5 Å². The van der Waals surface area contributed by atoms with Crippen molar-refractivity contribution in [2.45, 2.75) is 43.2 Å². The molecule has 4 aliphatic heterocycles. The topological polar surface area (TPSA) is 96.4 Å². The minimum Gasteiger partial charge on any atom is -0.465 e. The molecule has 2 amide bonds. The first-order valence-corrected chi connectivity index (χ1v) is 13.4. The van der Waals surface area contributed by atoms with Gasteiger partial charge in [0.05, 0.1) is 30.8 Å². The minimum absolute atomic E-state index is 0.214.